The third-order valence-corrected chi connectivity index (χ3v) is 2.82. The standard InChI is InChI=1S/C14H11N3O3/c1-19-10-6-4-9(5-7-10)12-14(18)15-13(17-16-12)11-3-2-8-20-11/h2-8H,1H3,(H,15,17,18). The maximum absolute atomic E-state index is 12.1. The smallest absolute Gasteiger partial charge is 0.278 e. The maximum atomic E-state index is 12.1. The summed E-state index contributed by atoms with van der Waals surface area (Å²) in [5.41, 5.74) is 0.602. The number of benzene rings is 1. The summed E-state index contributed by atoms with van der Waals surface area (Å²) in [5, 5.41) is 7.94. The summed E-state index contributed by atoms with van der Waals surface area (Å²) in [6, 6.07) is 10.4. The van der Waals surface area contributed by atoms with Crippen molar-refractivity contribution >= 4 is 0 Å². The number of hydrogen-bond donors (Lipinski definition) is 1. The van der Waals surface area contributed by atoms with E-state index in [1.807, 2.05) is 0 Å². The maximum Gasteiger partial charge on any atom is 0.278 e. The topological polar surface area (TPSA) is 81.0 Å². The van der Waals surface area contributed by atoms with Crippen molar-refractivity contribution in [2.24, 2.45) is 0 Å². The third-order valence-electron chi connectivity index (χ3n) is 2.82. The van der Waals surface area contributed by atoms with Gasteiger partial charge in [0.2, 0.25) is 0 Å². The number of nitrogens with one attached hydrogen (secondary N) is 1. The molecular formula is C14H11N3O3. The SMILES string of the molecule is COc1ccc(-c2nnc(-c3ccco3)[nH]c2=O)cc1. The number of nitrogens with zero attached hydrogens (tertiary/aromatic N) is 2. The Morgan fingerprint density at radius 3 is 2.55 bits per heavy atom. The zero-order chi connectivity index (χ0) is 13.9. The molecular weight excluding hydrogens is 258 g/mol. The highest BCUT2D eigenvalue weighted by Crippen LogP contribution is 2.18. The molecule has 6 nitrogen and oxygen atoms in total. The molecule has 3 aromatic rings. The Labute approximate surface area is 114 Å². The van der Waals surface area contributed by atoms with Gasteiger partial charge in [-0.05, 0) is 36.4 Å². The predicted molar refractivity (Wildman–Crippen MR) is 72.3 cm³/mol. The monoisotopic (exact) mass is 269 g/mol. The molecule has 2 heterocycles. The van der Waals surface area contributed by atoms with Crippen LogP contribution in [0, 0.1) is 0 Å². The second-order valence-electron chi connectivity index (χ2n) is 4.06. The summed E-state index contributed by atoms with van der Waals surface area (Å²) in [5.74, 6) is 1.48. The molecule has 20 heavy (non-hydrogen) atoms. The first-order valence-corrected chi connectivity index (χ1v) is 5.93. The Bertz CT molecular complexity index is 761. The van der Waals surface area contributed by atoms with Crippen molar-refractivity contribution in [3.63, 3.8) is 0 Å². The van der Waals surface area contributed by atoms with Gasteiger partial charge in [-0.15, -0.1) is 10.2 Å². The Balaban J connectivity index is 2.00. The highest BCUT2D eigenvalue weighted by molar-refractivity contribution is 5.59. The Hall–Kier alpha value is -2.89. The van der Waals surface area contributed by atoms with Crippen LogP contribution in [0.3, 0.4) is 0 Å². The summed E-state index contributed by atoms with van der Waals surface area (Å²) in [6.45, 7) is 0. The first kappa shape index (κ1) is 12.2. The lowest BCUT2D eigenvalue weighted by Gasteiger charge is -2.02. The molecule has 0 radical (unpaired) electrons. The number of H-pyrrole nitrogens is 1. The fourth-order valence-corrected chi connectivity index (χ4v) is 1.80. The molecule has 0 aliphatic heterocycles. The molecule has 0 saturated carbocycles. The van der Waals surface area contributed by atoms with Gasteiger partial charge >= 0.3 is 0 Å². The predicted octanol–water partition coefficient (Wildman–Crippen LogP) is 2.10. The van der Waals surface area contributed by atoms with Gasteiger partial charge < -0.3 is 14.1 Å². The molecule has 0 aliphatic carbocycles. The van der Waals surface area contributed by atoms with E-state index in [1.165, 1.54) is 6.26 Å². The molecule has 100 valence electrons. The van der Waals surface area contributed by atoms with Gasteiger partial charge in [0.1, 0.15) is 5.75 Å². The van der Waals surface area contributed by atoms with E-state index in [0.29, 0.717) is 22.9 Å². The number of aromatic nitrogens is 3. The van der Waals surface area contributed by atoms with Crippen LogP contribution >= 0.6 is 0 Å². The van der Waals surface area contributed by atoms with Crippen molar-refractivity contribution in [1.29, 1.82) is 0 Å². The van der Waals surface area contributed by atoms with Gasteiger partial charge in [-0.3, -0.25) is 4.79 Å². The highest BCUT2D eigenvalue weighted by Gasteiger charge is 2.10. The van der Waals surface area contributed by atoms with Crippen LogP contribution < -0.4 is 10.3 Å². The third kappa shape index (κ3) is 2.18. The van der Waals surface area contributed by atoms with Crippen molar-refractivity contribution in [1.82, 2.24) is 15.2 Å². The summed E-state index contributed by atoms with van der Waals surface area (Å²) in [6.07, 6.45) is 1.51. The quantitative estimate of drug-likeness (QED) is 0.787. The van der Waals surface area contributed by atoms with E-state index in [0.717, 1.165) is 0 Å². The molecule has 0 saturated heterocycles. The molecule has 0 atom stereocenters. The first-order chi connectivity index (χ1) is 9.78. The van der Waals surface area contributed by atoms with Crippen LogP contribution in [0.5, 0.6) is 5.75 Å². The molecule has 3 rings (SSSR count). The molecule has 0 bridgehead atoms. The Morgan fingerprint density at radius 1 is 1.15 bits per heavy atom. The molecule has 1 N–H and O–H groups in total. The zero-order valence-electron chi connectivity index (χ0n) is 10.7. The molecule has 0 aliphatic rings. The zero-order valence-corrected chi connectivity index (χ0v) is 10.7. The first-order valence-electron chi connectivity index (χ1n) is 5.93. The van der Waals surface area contributed by atoms with Gasteiger partial charge in [-0.25, -0.2) is 0 Å². The number of hydrogen-bond acceptors (Lipinski definition) is 5. The number of methoxy groups -OCH3 is 1. The van der Waals surface area contributed by atoms with Crippen LogP contribution in [0.1, 0.15) is 0 Å². The van der Waals surface area contributed by atoms with Crippen LogP contribution in [0.2, 0.25) is 0 Å². The molecule has 0 amide bonds. The minimum absolute atomic E-state index is 0.253. The number of rotatable bonds is 3. The average Bonchev–Trinajstić information content (AvgIpc) is 3.01. The van der Waals surface area contributed by atoms with E-state index in [4.69, 9.17) is 9.15 Å². The molecule has 2 aromatic heterocycles. The summed E-state index contributed by atoms with van der Waals surface area (Å²) in [4.78, 5) is 14.7. The van der Waals surface area contributed by atoms with Gasteiger partial charge in [0.15, 0.2) is 17.3 Å². The van der Waals surface area contributed by atoms with Crippen LogP contribution in [0.15, 0.2) is 51.9 Å². The average molecular weight is 269 g/mol. The normalized spacial score (nSPS) is 10.4. The van der Waals surface area contributed by atoms with Crippen LogP contribution in [0.4, 0.5) is 0 Å². The molecule has 1 aromatic carbocycles. The van der Waals surface area contributed by atoms with Crippen molar-refractivity contribution in [3.05, 3.63) is 53.0 Å². The summed E-state index contributed by atoms with van der Waals surface area (Å²) < 4.78 is 10.2. The van der Waals surface area contributed by atoms with Gasteiger partial charge in [-0.2, -0.15) is 0 Å². The van der Waals surface area contributed by atoms with E-state index in [2.05, 4.69) is 15.2 Å². The Morgan fingerprint density at radius 2 is 1.95 bits per heavy atom. The second-order valence-corrected chi connectivity index (χ2v) is 4.06. The lowest BCUT2D eigenvalue weighted by atomic mass is 10.1. The minimum atomic E-state index is -0.323. The molecule has 0 unspecified atom stereocenters. The summed E-state index contributed by atoms with van der Waals surface area (Å²) in [7, 11) is 1.58. The van der Waals surface area contributed by atoms with E-state index in [1.54, 1.807) is 43.5 Å². The van der Waals surface area contributed by atoms with Crippen molar-refractivity contribution in [2.75, 3.05) is 7.11 Å². The summed E-state index contributed by atoms with van der Waals surface area (Å²) >= 11 is 0. The van der Waals surface area contributed by atoms with Crippen LogP contribution in [-0.2, 0) is 0 Å². The van der Waals surface area contributed by atoms with Gasteiger partial charge in [0, 0.05) is 5.56 Å². The fourth-order valence-electron chi connectivity index (χ4n) is 1.80. The van der Waals surface area contributed by atoms with Crippen molar-refractivity contribution in [3.8, 4) is 28.6 Å². The lowest BCUT2D eigenvalue weighted by Crippen LogP contribution is -2.14. The van der Waals surface area contributed by atoms with E-state index < -0.39 is 0 Å². The van der Waals surface area contributed by atoms with E-state index in [9.17, 15) is 4.79 Å². The van der Waals surface area contributed by atoms with Gasteiger partial charge in [0.25, 0.3) is 5.56 Å². The molecule has 0 spiro atoms. The van der Waals surface area contributed by atoms with Crippen molar-refractivity contribution in [2.45, 2.75) is 0 Å². The van der Waals surface area contributed by atoms with E-state index >= 15 is 0 Å². The highest BCUT2D eigenvalue weighted by atomic mass is 16.5. The second kappa shape index (κ2) is 5.00. The van der Waals surface area contributed by atoms with Gasteiger partial charge in [0.05, 0.1) is 13.4 Å². The van der Waals surface area contributed by atoms with Gasteiger partial charge in [-0.1, -0.05) is 0 Å². The number of furan rings is 1. The van der Waals surface area contributed by atoms with E-state index in [-0.39, 0.29) is 11.3 Å². The number of aromatic amines is 1. The largest absolute Gasteiger partial charge is 0.497 e. The minimum Gasteiger partial charge on any atom is -0.497 e. The Kier molecular flexibility index (Phi) is 3.04. The molecule has 0 fully saturated rings. The lowest BCUT2D eigenvalue weighted by molar-refractivity contribution is 0.415. The van der Waals surface area contributed by atoms with Crippen LogP contribution in [-0.4, -0.2) is 22.3 Å². The fraction of sp³-hybridized carbons (Fsp3) is 0.0714. The van der Waals surface area contributed by atoms with Crippen LogP contribution in [0.25, 0.3) is 22.8 Å². The number of ether oxygens (including phenoxy) is 1. The molecule has 6 heteroatoms. The van der Waals surface area contributed by atoms with Crippen molar-refractivity contribution < 1.29 is 9.15 Å².